The first-order valence-electron chi connectivity index (χ1n) is 10.6. The first-order valence-corrected chi connectivity index (χ1v) is 11.5. The number of aliphatic imine (C=N–C) groups is 1. The number of morpholine rings is 1. The Balaban J connectivity index is 0.00000225. The third-order valence-electron chi connectivity index (χ3n) is 6.68. The zero-order valence-corrected chi connectivity index (χ0v) is 20.2. The van der Waals surface area contributed by atoms with E-state index in [9.17, 15) is 0 Å². The van der Waals surface area contributed by atoms with Crippen molar-refractivity contribution in [3.63, 3.8) is 0 Å². The molecule has 2 saturated heterocycles. The normalized spacial score (nSPS) is 26.1. The minimum absolute atomic E-state index is 0. The molecule has 3 heterocycles. The van der Waals surface area contributed by atoms with Crippen molar-refractivity contribution in [1.82, 2.24) is 15.1 Å². The van der Waals surface area contributed by atoms with Gasteiger partial charge in [0.2, 0.25) is 0 Å². The zero-order valence-electron chi connectivity index (χ0n) is 17.1. The van der Waals surface area contributed by atoms with Crippen molar-refractivity contribution in [3.05, 3.63) is 22.4 Å². The molecule has 1 N–H and O–H groups in total. The highest BCUT2D eigenvalue weighted by Crippen LogP contribution is 2.41. The summed E-state index contributed by atoms with van der Waals surface area (Å²) in [5, 5.41) is 6.00. The molecule has 4 rings (SSSR count). The smallest absolute Gasteiger partial charge is 0.193 e. The van der Waals surface area contributed by atoms with Crippen LogP contribution in [0.4, 0.5) is 0 Å². The Bertz CT molecular complexity index is 612. The minimum Gasteiger partial charge on any atom is -0.379 e. The maximum absolute atomic E-state index is 5.52. The van der Waals surface area contributed by atoms with Gasteiger partial charge in [-0.15, -0.1) is 35.3 Å². The Kier molecular flexibility index (Phi) is 8.44. The van der Waals surface area contributed by atoms with E-state index in [-0.39, 0.29) is 24.0 Å². The molecule has 5 nitrogen and oxygen atoms in total. The molecule has 1 atom stereocenters. The lowest BCUT2D eigenvalue weighted by molar-refractivity contribution is 0.0194. The molecule has 28 heavy (non-hydrogen) atoms. The summed E-state index contributed by atoms with van der Waals surface area (Å²) < 4.78 is 5.52. The van der Waals surface area contributed by atoms with Gasteiger partial charge in [0, 0.05) is 56.1 Å². The Morgan fingerprint density at radius 3 is 2.71 bits per heavy atom. The van der Waals surface area contributed by atoms with Crippen LogP contribution in [-0.4, -0.2) is 74.8 Å². The third-order valence-corrected chi connectivity index (χ3v) is 7.79. The van der Waals surface area contributed by atoms with Gasteiger partial charge in [-0.25, -0.2) is 0 Å². The Labute approximate surface area is 190 Å². The quantitative estimate of drug-likeness (QED) is 0.376. The molecule has 158 valence electrons. The second-order valence-electron chi connectivity index (χ2n) is 8.26. The summed E-state index contributed by atoms with van der Waals surface area (Å²) in [4.78, 5) is 11.3. The second kappa shape index (κ2) is 10.6. The van der Waals surface area contributed by atoms with E-state index in [4.69, 9.17) is 4.74 Å². The average Bonchev–Trinajstić information content (AvgIpc) is 3.43. The van der Waals surface area contributed by atoms with E-state index in [0.29, 0.717) is 11.5 Å². The SMILES string of the molecule is CN=C(NCC1(c2cccs2)CCCCC1)N1CCC(N2CCOCC2)C1.I. The largest absolute Gasteiger partial charge is 0.379 e. The van der Waals surface area contributed by atoms with E-state index in [1.165, 1.54) is 38.5 Å². The molecular weight excluding hydrogens is 483 g/mol. The van der Waals surface area contributed by atoms with E-state index in [1.54, 1.807) is 4.88 Å². The number of nitrogens with zero attached hydrogens (tertiary/aromatic N) is 3. The van der Waals surface area contributed by atoms with E-state index in [0.717, 1.165) is 51.9 Å². The van der Waals surface area contributed by atoms with Crippen LogP contribution in [0.3, 0.4) is 0 Å². The van der Waals surface area contributed by atoms with Crippen LogP contribution in [0.5, 0.6) is 0 Å². The standard InChI is InChI=1S/C21H34N4OS.HI/c1-22-20(25-10-7-18(16-25)24-11-13-26-14-12-24)23-17-21(8-3-2-4-9-21)19-6-5-15-27-19;/h5-6,15,18H,2-4,7-14,16-17H2,1H3,(H,22,23);1H. The fourth-order valence-corrected chi connectivity index (χ4v) is 6.06. The average molecular weight is 519 g/mol. The zero-order chi connectivity index (χ0) is 18.5. The molecule has 1 aromatic rings. The number of thiophene rings is 1. The molecular formula is C21H35IN4OS. The third kappa shape index (κ3) is 5.02. The second-order valence-corrected chi connectivity index (χ2v) is 9.20. The number of ether oxygens (including phenoxy) is 1. The molecule has 1 saturated carbocycles. The van der Waals surface area contributed by atoms with Gasteiger partial charge in [-0.3, -0.25) is 9.89 Å². The van der Waals surface area contributed by atoms with E-state index >= 15 is 0 Å². The van der Waals surface area contributed by atoms with Gasteiger partial charge in [0.25, 0.3) is 0 Å². The lowest BCUT2D eigenvalue weighted by Gasteiger charge is -2.38. The minimum atomic E-state index is 0. The van der Waals surface area contributed by atoms with E-state index in [1.807, 2.05) is 18.4 Å². The van der Waals surface area contributed by atoms with Gasteiger partial charge in [0.1, 0.15) is 0 Å². The van der Waals surface area contributed by atoms with Crippen molar-refractivity contribution in [2.24, 2.45) is 4.99 Å². The molecule has 3 fully saturated rings. The summed E-state index contributed by atoms with van der Waals surface area (Å²) in [5.74, 6) is 1.09. The molecule has 0 radical (unpaired) electrons. The van der Waals surface area contributed by atoms with E-state index in [2.05, 4.69) is 37.6 Å². The maximum atomic E-state index is 5.52. The van der Waals surface area contributed by atoms with Gasteiger partial charge in [-0.1, -0.05) is 25.3 Å². The van der Waals surface area contributed by atoms with Crippen LogP contribution >= 0.6 is 35.3 Å². The molecule has 2 aliphatic heterocycles. The lowest BCUT2D eigenvalue weighted by atomic mass is 9.73. The first-order chi connectivity index (χ1) is 13.3. The number of rotatable bonds is 4. The lowest BCUT2D eigenvalue weighted by Crippen LogP contribution is -2.49. The van der Waals surface area contributed by atoms with Crippen LogP contribution in [0.25, 0.3) is 0 Å². The summed E-state index contributed by atoms with van der Waals surface area (Å²) in [7, 11) is 1.93. The number of hydrogen-bond donors (Lipinski definition) is 1. The highest BCUT2D eigenvalue weighted by molar-refractivity contribution is 14.0. The number of halogens is 1. The summed E-state index contributed by atoms with van der Waals surface area (Å²) in [6.45, 7) is 7.12. The van der Waals surface area contributed by atoms with Gasteiger partial charge < -0.3 is 15.0 Å². The van der Waals surface area contributed by atoms with Gasteiger partial charge in [-0.2, -0.15) is 0 Å². The van der Waals surface area contributed by atoms with Crippen LogP contribution in [0.2, 0.25) is 0 Å². The van der Waals surface area contributed by atoms with Gasteiger partial charge in [0.05, 0.1) is 13.2 Å². The summed E-state index contributed by atoms with van der Waals surface area (Å²) >= 11 is 1.93. The van der Waals surface area contributed by atoms with Crippen molar-refractivity contribution in [2.45, 2.75) is 50.0 Å². The van der Waals surface area contributed by atoms with Crippen LogP contribution < -0.4 is 5.32 Å². The summed E-state index contributed by atoms with van der Waals surface area (Å²) in [6, 6.07) is 5.19. The maximum Gasteiger partial charge on any atom is 0.193 e. The summed E-state index contributed by atoms with van der Waals surface area (Å²) in [5.41, 5.74) is 0.297. The van der Waals surface area contributed by atoms with Crippen molar-refractivity contribution < 1.29 is 4.74 Å². The van der Waals surface area contributed by atoms with Crippen LogP contribution in [0.15, 0.2) is 22.5 Å². The molecule has 1 unspecified atom stereocenters. The molecule has 3 aliphatic rings. The van der Waals surface area contributed by atoms with Crippen molar-refractivity contribution in [1.29, 1.82) is 0 Å². The van der Waals surface area contributed by atoms with Crippen LogP contribution in [0.1, 0.15) is 43.4 Å². The van der Waals surface area contributed by atoms with Crippen molar-refractivity contribution in [2.75, 3.05) is 53.0 Å². The molecule has 0 aromatic carbocycles. The Hall–Kier alpha value is -0.380. The van der Waals surface area contributed by atoms with E-state index < -0.39 is 0 Å². The van der Waals surface area contributed by atoms with Gasteiger partial charge >= 0.3 is 0 Å². The number of nitrogens with one attached hydrogen (secondary N) is 1. The van der Waals surface area contributed by atoms with Crippen LogP contribution in [-0.2, 0) is 10.2 Å². The topological polar surface area (TPSA) is 40.1 Å². The van der Waals surface area contributed by atoms with Crippen molar-refractivity contribution >= 4 is 41.3 Å². The molecule has 7 heteroatoms. The summed E-state index contributed by atoms with van der Waals surface area (Å²) in [6.07, 6.45) is 7.91. The highest BCUT2D eigenvalue weighted by Gasteiger charge is 2.36. The molecule has 1 aliphatic carbocycles. The van der Waals surface area contributed by atoms with Crippen LogP contribution in [0, 0.1) is 0 Å². The molecule has 0 bridgehead atoms. The van der Waals surface area contributed by atoms with Crippen molar-refractivity contribution in [3.8, 4) is 0 Å². The first kappa shape index (κ1) is 22.3. The fourth-order valence-electron chi connectivity index (χ4n) is 5.07. The Morgan fingerprint density at radius 2 is 2.04 bits per heavy atom. The number of guanidine groups is 1. The number of likely N-dealkylation sites (tertiary alicyclic amines) is 1. The molecule has 1 aromatic heterocycles. The Morgan fingerprint density at radius 1 is 1.25 bits per heavy atom. The predicted octanol–water partition coefficient (Wildman–Crippen LogP) is 3.55. The monoisotopic (exact) mass is 518 g/mol. The fraction of sp³-hybridized carbons (Fsp3) is 0.762. The highest BCUT2D eigenvalue weighted by atomic mass is 127. The molecule has 0 amide bonds. The van der Waals surface area contributed by atoms with Gasteiger partial charge in [0.15, 0.2) is 5.96 Å². The molecule has 0 spiro atoms. The van der Waals surface area contributed by atoms with Gasteiger partial charge in [-0.05, 0) is 30.7 Å². The number of hydrogen-bond acceptors (Lipinski definition) is 4. The predicted molar refractivity (Wildman–Crippen MR) is 128 cm³/mol.